The van der Waals surface area contributed by atoms with Gasteiger partial charge in [-0.3, -0.25) is 4.79 Å². The van der Waals surface area contributed by atoms with Crippen molar-refractivity contribution >= 4 is 16.8 Å². The predicted molar refractivity (Wildman–Crippen MR) is 77.3 cm³/mol. The molecular formula is C16H19FN2O. The van der Waals surface area contributed by atoms with Crippen molar-refractivity contribution in [2.45, 2.75) is 44.8 Å². The number of rotatable bonds is 4. The van der Waals surface area contributed by atoms with E-state index in [2.05, 4.69) is 42.3 Å². The normalized spacial score (nSPS) is 16.6. The summed E-state index contributed by atoms with van der Waals surface area (Å²) >= 11 is 0. The number of nitrogens with one attached hydrogen (secondary N) is 2. The lowest BCUT2D eigenvalue weighted by molar-refractivity contribution is -0.127. The van der Waals surface area contributed by atoms with Crippen LogP contribution in [0.3, 0.4) is 0 Å². The first kappa shape index (κ1) is 13.2. The maximum atomic E-state index is 13.5. The second kappa shape index (κ2) is 4.62. The summed E-state index contributed by atoms with van der Waals surface area (Å²) in [5.41, 5.74) is 1.63. The van der Waals surface area contributed by atoms with E-state index in [4.69, 9.17) is 0 Å². The Morgan fingerprint density at radius 1 is 1.40 bits per heavy atom. The van der Waals surface area contributed by atoms with E-state index in [0.717, 1.165) is 16.6 Å². The van der Waals surface area contributed by atoms with Crippen LogP contribution in [0.2, 0.25) is 0 Å². The molecule has 20 heavy (non-hydrogen) atoms. The third kappa shape index (κ3) is 2.42. The van der Waals surface area contributed by atoms with E-state index in [1.54, 1.807) is 0 Å². The molecule has 2 aromatic rings. The standard InChI is InChI=1S/C16H19FN2O/c1-10(2)11-3-4-12-7-13(19-14(12)8-11)9-18-15(20)16(17)5-6-16/h3-4,7-8,10,19H,5-6,9H2,1-2H3,(H,18,20). The van der Waals surface area contributed by atoms with Crippen LogP contribution in [-0.4, -0.2) is 16.6 Å². The lowest BCUT2D eigenvalue weighted by atomic mass is 10.0. The number of carbonyl (C=O) groups is 1. The molecule has 1 fully saturated rings. The summed E-state index contributed by atoms with van der Waals surface area (Å²) in [6.07, 6.45) is 0.701. The second-order valence-corrected chi connectivity index (χ2v) is 5.94. The van der Waals surface area contributed by atoms with E-state index in [-0.39, 0.29) is 0 Å². The molecule has 1 aliphatic carbocycles. The van der Waals surface area contributed by atoms with Gasteiger partial charge in [0, 0.05) is 11.2 Å². The molecule has 1 amide bonds. The number of H-pyrrole nitrogens is 1. The third-order valence-corrected chi connectivity index (χ3v) is 3.90. The molecule has 0 bridgehead atoms. The van der Waals surface area contributed by atoms with E-state index >= 15 is 0 Å². The van der Waals surface area contributed by atoms with Gasteiger partial charge >= 0.3 is 0 Å². The molecule has 1 aromatic carbocycles. The number of aromatic nitrogens is 1. The minimum absolute atomic E-state index is 0.343. The highest BCUT2D eigenvalue weighted by Gasteiger charge is 2.50. The van der Waals surface area contributed by atoms with Gasteiger partial charge in [0.05, 0.1) is 6.54 Å². The first-order valence-corrected chi connectivity index (χ1v) is 7.07. The van der Waals surface area contributed by atoms with Crippen LogP contribution in [0.15, 0.2) is 24.3 Å². The van der Waals surface area contributed by atoms with E-state index in [0.29, 0.717) is 25.3 Å². The molecule has 0 atom stereocenters. The average Bonchev–Trinajstić information content (AvgIpc) is 3.04. The van der Waals surface area contributed by atoms with Gasteiger partial charge in [0.2, 0.25) is 0 Å². The van der Waals surface area contributed by atoms with Crippen LogP contribution in [0.5, 0.6) is 0 Å². The van der Waals surface area contributed by atoms with Gasteiger partial charge in [0.1, 0.15) is 0 Å². The zero-order chi connectivity index (χ0) is 14.3. The molecule has 0 spiro atoms. The van der Waals surface area contributed by atoms with Crippen molar-refractivity contribution in [2.24, 2.45) is 0 Å². The topological polar surface area (TPSA) is 44.9 Å². The summed E-state index contributed by atoms with van der Waals surface area (Å²) in [6, 6.07) is 8.31. The van der Waals surface area contributed by atoms with Crippen LogP contribution in [0, 0.1) is 0 Å². The Kier molecular flexibility index (Phi) is 3.04. The minimum atomic E-state index is -1.60. The van der Waals surface area contributed by atoms with E-state index in [1.165, 1.54) is 5.56 Å². The Labute approximate surface area is 117 Å². The van der Waals surface area contributed by atoms with Gasteiger partial charge in [-0.1, -0.05) is 26.0 Å². The van der Waals surface area contributed by atoms with Gasteiger partial charge in [-0.25, -0.2) is 4.39 Å². The van der Waals surface area contributed by atoms with E-state index < -0.39 is 11.6 Å². The number of amides is 1. The van der Waals surface area contributed by atoms with E-state index in [9.17, 15) is 9.18 Å². The van der Waals surface area contributed by atoms with Gasteiger partial charge in [-0.2, -0.15) is 0 Å². The lowest BCUT2D eigenvalue weighted by Gasteiger charge is -2.05. The fourth-order valence-electron chi connectivity index (χ4n) is 2.33. The monoisotopic (exact) mass is 274 g/mol. The Balaban J connectivity index is 1.74. The molecule has 0 aliphatic heterocycles. The van der Waals surface area contributed by atoms with Gasteiger partial charge in [-0.15, -0.1) is 0 Å². The van der Waals surface area contributed by atoms with Crippen molar-refractivity contribution in [1.82, 2.24) is 10.3 Å². The highest BCUT2D eigenvalue weighted by molar-refractivity contribution is 5.88. The summed E-state index contributed by atoms with van der Waals surface area (Å²) in [6.45, 7) is 4.65. The minimum Gasteiger partial charge on any atom is -0.357 e. The number of halogens is 1. The molecule has 3 nitrogen and oxygen atoms in total. The maximum absolute atomic E-state index is 13.5. The van der Waals surface area contributed by atoms with Crippen LogP contribution >= 0.6 is 0 Å². The number of carbonyl (C=O) groups excluding carboxylic acids is 1. The highest BCUT2D eigenvalue weighted by Crippen LogP contribution is 2.39. The third-order valence-electron chi connectivity index (χ3n) is 3.90. The summed E-state index contributed by atoms with van der Waals surface area (Å²) in [7, 11) is 0. The SMILES string of the molecule is CC(C)c1ccc2cc(CNC(=O)C3(F)CC3)[nH]c2c1. The molecule has 106 valence electrons. The summed E-state index contributed by atoms with van der Waals surface area (Å²) in [5.74, 6) is -0.00820. The van der Waals surface area contributed by atoms with Crippen molar-refractivity contribution in [3.8, 4) is 0 Å². The molecule has 0 saturated heterocycles. The van der Waals surface area contributed by atoms with Crippen LogP contribution in [-0.2, 0) is 11.3 Å². The van der Waals surface area contributed by atoms with Crippen molar-refractivity contribution < 1.29 is 9.18 Å². The predicted octanol–water partition coefficient (Wildman–Crippen LogP) is 3.41. The Bertz CT molecular complexity index is 656. The van der Waals surface area contributed by atoms with Crippen molar-refractivity contribution in [3.05, 3.63) is 35.5 Å². The summed E-state index contributed by atoms with van der Waals surface area (Å²) in [4.78, 5) is 14.8. The number of hydrogen-bond acceptors (Lipinski definition) is 1. The summed E-state index contributed by atoms with van der Waals surface area (Å²) in [5, 5.41) is 3.77. The zero-order valence-corrected chi connectivity index (χ0v) is 11.8. The number of aromatic amines is 1. The maximum Gasteiger partial charge on any atom is 0.257 e. The molecule has 0 radical (unpaired) electrons. The Hall–Kier alpha value is -1.84. The average molecular weight is 274 g/mol. The fraction of sp³-hybridized carbons (Fsp3) is 0.438. The first-order valence-electron chi connectivity index (χ1n) is 7.07. The number of hydrogen-bond donors (Lipinski definition) is 2. The molecule has 4 heteroatoms. The van der Waals surface area contributed by atoms with Gasteiger partial charge in [-0.05, 0) is 41.8 Å². The van der Waals surface area contributed by atoms with Crippen LogP contribution < -0.4 is 5.32 Å². The van der Waals surface area contributed by atoms with Gasteiger partial charge in [0.25, 0.3) is 5.91 Å². The molecule has 1 aliphatic rings. The number of fused-ring (bicyclic) bond motifs is 1. The molecule has 2 N–H and O–H groups in total. The summed E-state index contributed by atoms with van der Waals surface area (Å²) < 4.78 is 13.5. The van der Waals surface area contributed by atoms with Crippen molar-refractivity contribution in [3.63, 3.8) is 0 Å². The van der Waals surface area contributed by atoms with Crippen LogP contribution in [0.1, 0.15) is 43.9 Å². The quantitative estimate of drug-likeness (QED) is 0.881. The molecule has 1 aromatic heterocycles. The Morgan fingerprint density at radius 3 is 2.80 bits per heavy atom. The first-order chi connectivity index (χ1) is 9.48. The molecule has 1 saturated carbocycles. The smallest absolute Gasteiger partial charge is 0.257 e. The molecule has 0 unspecified atom stereocenters. The van der Waals surface area contributed by atoms with E-state index in [1.807, 2.05) is 6.07 Å². The molecule has 1 heterocycles. The van der Waals surface area contributed by atoms with Gasteiger partial charge < -0.3 is 10.3 Å². The van der Waals surface area contributed by atoms with Crippen molar-refractivity contribution in [2.75, 3.05) is 0 Å². The number of benzene rings is 1. The van der Waals surface area contributed by atoms with Crippen molar-refractivity contribution in [1.29, 1.82) is 0 Å². The van der Waals surface area contributed by atoms with Crippen LogP contribution in [0.4, 0.5) is 4.39 Å². The largest absolute Gasteiger partial charge is 0.357 e. The van der Waals surface area contributed by atoms with Crippen LogP contribution in [0.25, 0.3) is 10.9 Å². The zero-order valence-electron chi connectivity index (χ0n) is 11.8. The van der Waals surface area contributed by atoms with Gasteiger partial charge in [0.15, 0.2) is 5.67 Å². The lowest BCUT2D eigenvalue weighted by Crippen LogP contribution is -2.32. The molecule has 3 rings (SSSR count). The Morgan fingerprint density at radius 2 is 2.15 bits per heavy atom. The highest BCUT2D eigenvalue weighted by atomic mass is 19.1. The fourth-order valence-corrected chi connectivity index (χ4v) is 2.33. The second-order valence-electron chi connectivity index (χ2n) is 5.94. The number of alkyl halides is 1. The molecular weight excluding hydrogens is 255 g/mol.